The molecule has 1 aromatic heterocycles. The summed E-state index contributed by atoms with van der Waals surface area (Å²) in [7, 11) is 1.65. The molecule has 1 atom stereocenters. The molecule has 0 saturated heterocycles. The molecule has 1 N–H and O–H groups in total. The second kappa shape index (κ2) is 7.84. The van der Waals surface area contributed by atoms with E-state index in [2.05, 4.69) is 23.2 Å². The Kier molecular flexibility index (Phi) is 4.86. The van der Waals surface area contributed by atoms with Crippen molar-refractivity contribution in [1.29, 1.82) is 0 Å². The highest BCUT2D eigenvalue weighted by Crippen LogP contribution is 2.39. The summed E-state index contributed by atoms with van der Waals surface area (Å²) in [6.07, 6.45) is 0.420. The lowest BCUT2D eigenvalue weighted by Crippen LogP contribution is -2.42. The number of aromatic nitrogens is 1. The molecule has 0 bridgehead atoms. The van der Waals surface area contributed by atoms with Crippen molar-refractivity contribution in [3.8, 4) is 11.5 Å². The van der Waals surface area contributed by atoms with Gasteiger partial charge in [0.2, 0.25) is 0 Å². The van der Waals surface area contributed by atoms with Crippen molar-refractivity contribution in [3.63, 3.8) is 0 Å². The van der Waals surface area contributed by atoms with Crippen LogP contribution in [0.5, 0.6) is 11.5 Å². The first-order valence-corrected chi connectivity index (χ1v) is 10.4. The number of amides is 1. The summed E-state index contributed by atoms with van der Waals surface area (Å²) in [5.41, 5.74) is 5.51. The smallest absolute Gasteiger partial charge is 0.416 e. The SMILES string of the molecule is COc1ccc([C@H]2c3[nH]c4ccccc4c3CCN2C(=O)Oc2ccc(C)cc2)cc1. The van der Waals surface area contributed by atoms with Crippen LogP contribution in [-0.4, -0.2) is 29.6 Å². The molecule has 5 heteroatoms. The summed E-state index contributed by atoms with van der Waals surface area (Å²) >= 11 is 0. The number of H-pyrrole nitrogens is 1. The quantitative estimate of drug-likeness (QED) is 0.474. The van der Waals surface area contributed by atoms with E-state index in [1.165, 1.54) is 10.9 Å². The molecule has 1 aliphatic heterocycles. The number of hydrogen-bond donors (Lipinski definition) is 1. The Morgan fingerprint density at radius 2 is 1.68 bits per heavy atom. The van der Waals surface area contributed by atoms with E-state index in [1.807, 2.05) is 61.5 Å². The van der Waals surface area contributed by atoms with Gasteiger partial charge in [-0.15, -0.1) is 0 Å². The molecule has 0 saturated carbocycles. The van der Waals surface area contributed by atoms with Gasteiger partial charge in [0.25, 0.3) is 0 Å². The van der Waals surface area contributed by atoms with Gasteiger partial charge in [-0.25, -0.2) is 4.79 Å². The number of para-hydroxylation sites is 1. The Morgan fingerprint density at radius 1 is 0.968 bits per heavy atom. The van der Waals surface area contributed by atoms with Crippen molar-refractivity contribution < 1.29 is 14.3 Å². The highest BCUT2D eigenvalue weighted by Gasteiger charge is 2.35. The number of aryl methyl sites for hydroxylation is 1. The average molecular weight is 412 g/mol. The molecule has 5 nitrogen and oxygen atoms in total. The molecule has 31 heavy (non-hydrogen) atoms. The fourth-order valence-corrected chi connectivity index (χ4v) is 4.34. The van der Waals surface area contributed by atoms with Gasteiger partial charge in [-0.2, -0.15) is 0 Å². The molecule has 3 aromatic carbocycles. The monoisotopic (exact) mass is 412 g/mol. The van der Waals surface area contributed by atoms with Crippen LogP contribution in [0.15, 0.2) is 72.8 Å². The highest BCUT2D eigenvalue weighted by molar-refractivity contribution is 5.86. The zero-order chi connectivity index (χ0) is 21.4. The summed E-state index contributed by atoms with van der Waals surface area (Å²) in [4.78, 5) is 18.6. The number of nitrogens with one attached hydrogen (secondary N) is 1. The standard InChI is InChI=1S/C26H24N2O3/c1-17-7-11-20(12-8-17)31-26(29)28-16-15-22-21-5-3-4-6-23(21)27-24(22)25(28)18-9-13-19(30-2)14-10-18/h3-14,25,27H,15-16H2,1-2H3/t25-/m0/s1. The van der Waals surface area contributed by atoms with Crippen LogP contribution in [0.1, 0.15) is 28.4 Å². The average Bonchev–Trinajstić information content (AvgIpc) is 3.19. The van der Waals surface area contributed by atoms with E-state index in [-0.39, 0.29) is 12.1 Å². The minimum Gasteiger partial charge on any atom is -0.497 e. The van der Waals surface area contributed by atoms with Crippen LogP contribution in [0, 0.1) is 6.92 Å². The Hall–Kier alpha value is -3.73. The first-order chi connectivity index (χ1) is 15.1. The molecule has 0 spiro atoms. The molecule has 0 fully saturated rings. The van der Waals surface area contributed by atoms with E-state index in [0.717, 1.165) is 34.5 Å². The van der Waals surface area contributed by atoms with Crippen molar-refractivity contribution >= 4 is 17.0 Å². The molecule has 5 rings (SSSR count). The number of fused-ring (bicyclic) bond motifs is 3. The van der Waals surface area contributed by atoms with Crippen molar-refractivity contribution in [2.24, 2.45) is 0 Å². The van der Waals surface area contributed by atoms with Gasteiger partial charge in [0, 0.05) is 23.1 Å². The second-order valence-corrected chi connectivity index (χ2v) is 7.86. The summed E-state index contributed by atoms with van der Waals surface area (Å²) in [5.74, 6) is 1.33. The Balaban J connectivity index is 1.56. The number of carbonyl (C=O) groups excluding carboxylic acids is 1. The van der Waals surface area contributed by atoms with Crippen LogP contribution in [0.3, 0.4) is 0 Å². The van der Waals surface area contributed by atoms with Crippen LogP contribution in [-0.2, 0) is 6.42 Å². The minimum atomic E-state index is -0.353. The lowest BCUT2D eigenvalue weighted by molar-refractivity contribution is 0.135. The minimum absolute atomic E-state index is 0.264. The predicted molar refractivity (Wildman–Crippen MR) is 121 cm³/mol. The van der Waals surface area contributed by atoms with Crippen LogP contribution in [0.2, 0.25) is 0 Å². The maximum absolute atomic E-state index is 13.2. The van der Waals surface area contributed by atoms with E-state index in [4.69, 9.17) is 9.47 Å². The number of aromatic amines is 1. The van der Waals surface area contributed by atoms with Crippen LogP contribution in [0.25, 0.3) is 10.9 Å². The second-order valence-electron chi connectivity index (χ2n) is 7.86. The molecule has 1 aliphatic rings. The molecule has 1 amide bonds. The predicted octanol–water partition coefficient (Wildman–Crippen LogP) is 5.63. The zero-order valence-corrected chi connectivity index (χ0v) is 17.6. The van der Waals surface area contributed by atoms with E-state index < -0.39 is 0 Å². The van der Waals surface area contributed by atoms with E-state index in [0.29, 0.717) is 12.3 Å². The first kappa shape index (κ1) is 19.2. The van der Waals surface area contributed by atoms with Gasteiger partial charge in [-0.05, 0) is 54.8 Å². The number of ether oxygens (including phenoxy) is 2. The maximum atomic E-state index is 13.2. The van der Waals surface area contributed by atoms with Crippen LogP contribution < -0.4 is 9.47 Å². The maximum Gasteiger partial charge on any atom is 0.416 e. The molecule has 156 valence electrons. The number of carbonyl (C=O) groups is 1. The molecular formula is C26H24N2O3. The topological polar surface area (TPSA) is 54.6 Å². The highest BCUT2D eigenvalue weighted by atomic mass is 16.6. The van der Waals surface area contributed by atoms with E-state index in [9.17, 15) is 4.79 Å². The van der Waals surface area contributed by atoms with Crippen LogP contribution >= 0.6 is 0 Å². The van der Waals surface area contributed by atoms with Crippen molar-refractivity contribution in [2.75, 3.05) is 13.7 Å². The van der Waals surface area contributed by atoms with Gasteiger partial charge in [-0.3, -0.25) is 4.90 Å². The number of nitrogens with zero attached hydrogens (tertiary/aromatic N) is 1. The molecule has 0 unspecified atom stereocenters. The van der Waals surface area contributed by atoms with Crippen molar-refractivity contribution in [2.45, 2.75) is 19.4 Å². The van der Waals surface area contributed by atoms with Gasteiger partial charge in [0.15, 0.2) is 0 Å². The van der Waals surface area contributed by atoms with Crippen molar-refractivity contribution in [3.05, 3.63) is 95.2 Å². The summed E-state index contributed by atoms with van der Waals surface area (Å²) in [6.45, 7) is 2.59. The zero-order valence-electron chi connectivity index (χ0n) is 17.6. The van der Waals surface area contributed by atoms with Gasteiger partial charge < -0.3 is 14.5 Å². The lowest BCUT2D eigenvalue weighted by atomic mass is 9.92. The largest absolute Gasteiger partial charge is 0.497 e. The summed E-state index contributed by atoms with van der Waals surface area (Å²) < 4.78 is 11.1. The third kappa shape index (κ3) is 3.52. The number of rotatable bonds is 3. The molecule has 0 aliphatic carbocycles. The fourth-order valence-electron chi connectivity index (χ4n) is 4.34. The van der Waals surface area contributed by atoms with E-state index >= 15 is 0 Å². The van der Waals surface area contributed by atoms with Crippen LogP contribution in [0.4, 0.5) is 4.79 Å². The Bertz CT molecular complexity index is 1230. The van der Waals surface area contributed by atoms with Crippen molar-refractivity contribution in [1.82, 2.24) is 9.88 Å². The van der Waals surface area contributed by atoms with Gasteiger partial charge in [0.05, 0.1) is 7.11 Å². The fraction of sp³-hybridized carbons (Fsp3) is 0.192. The molecular weight excluding hydrogens is 388 g/mol. The van der Waals surface area contributed by atoms with E-state index in [1.54, 1.807) is 12.0 Å². The number of benzene rings is 3. The lowest BCUT2D eigenvalue weighted by Gasteiger charge is -2.35. The Morgan fingerprint density at radius 3 is 2.42 bits per heavy atom. The summed E-state index contributed by atoms with van der Waals surface area (Å²) in [5, 5.41) is 1.21. The molecule has 4 aromatic rings. The third-order valence-corrected chi connectivity index (χ3v) is 5.93. The number of hydrogen-bond acceptors (Lipinski definition) is 3. The van der Waals surface area contributed by atoms with Gasteiger partial charge >= 0.3 is 6.09 Å². The molecule has 0 radical (unpaired) electrons. The number of methoxy groups -OCH3 is 1. The first-order valence-electron chi connectivity index (χ1n) is 10.4. The molecule has 2 heterocycles. The third-order valence-electron chi connectivity index (χ3n) is 5.93. The Labute approximate surface area is 181 Å². The normalized spacial score (nSPS) is 15.5. The summed E-state index contributed by atoms with van der Waals surface area (Å²) in [6, 6.07) is 23.4. The van der Waals surface area contributed by atoms with Gasteiger partial charge in [-0.1, -0.05) is 48.0 Å². The van der Waals surface area contributed by atoms with Gasteiger partial charge in [0.1, 0.15) is 17.5 Å².